The van der Waals surface area contributed by atoms with Crippen LogP contribution in [0.15, 0.2) is 29.8 Å². The van der Waals surface area contributed by atoms with Crippen molar-refractivity contribution in [2.24, 2.45) is 0 Å². The Labute approximate surface area is 76.1 Å². The first-order valence-electron chi connectivity index (χ1n) is 3.62. The summed E-state index contributed by atoms with van der Waals surface area (Å²) in [6.07, 6.45) is 3.33. The van der Waals surface area contributed by atoms with Crippen LogP contribution in [0.1, 0.15) is 9.67 Å². The summed E-state index contributed by atoms with van der Waals surface area (Å²) in [5, 5.41) is 1.90. The third-order valence-corrected chi connectivity index (χ3v) is 2.17. The first-order valence-corrected chi connectivity index (χ1v) is 4.50. The van der Waals surface area contributed by atoms with Crippen molar-refractivity contribution >= 4 is 17.1 Å². The van der Waals surface area contributed by atoms with Crippen LogP contribution in [0.2, 0.25) is 0 Å². The summed E-state index contributed by atoms with van der Waals surface area (Å²) in [6.45, 7) is 0. The largest absolute Gasteiger partial charge is 0.383 e. The van der Waals surface area contributed by atoms with Gasteiger partial charge in [0.25, 0.3) is 0 Å². The molecule has 1 rings (SSSR count). The number of nitrogens with zero attached hydrogens (tertiary/aromatic N) is 1. The van der Waals surface area contributed by atoms with Gasteiger partial charge in [-0.1, -0.05) is 6.07 Å². The zero-order chi connectivity index (χ0) is 8.97. The lowest BCUT2D eigenvalue weighted by molar-refractivity contribution is 0.104. The van der Waals surface area contributed by atoms with Crippen molar-refractivity contribution in [2.75, 3.05) is 14.1 Å². The second-order valence-electron chi connectivity index (χ2n) is 2.62. The molecule has 1 aromatic heterocycles. The minimum atomic E-state index is 0.0682. The summed E-state index contributed by atoms with van der Waals surface area (Å²) < 4.78 is 0. The van der Waals surface area contributed by atoms with Gasteiger partial charge in [0.2, 0.25) is 0 Å². The van der Waals surface area contributed by atoms with E-state index in [9.17, 15) is 4.79 Å². The molecule has 1 heterocycles. The van der Waals surface area contributed by atoms with Crippen molar-refractivity contribution in [1.29, 1.82) is 0 Å². The van der Waals surface area contributed by atoms with Gasteiger partial charge in [-0.15, -0.1) is 11.3 Å². The number of hydrogen-bond acceptors (Lipinski definition) is 3. The highest BCUT2D eigenvalue weighted by Crippen LogP contribution is 2.09. The van der Waals surface area contributed by atoms with Crippen LogP contribution in [-0.2, 0) is 0 Å². The molecular formula is C9H11NOS. The lowest BCUT2D eigenvalue weighted by atomic mass is 10.3. The molecule has 2 nitrogen and oxygen atoms in total. The van der Waals surface area contributed by atoms with Gasteiger partial charge in [-0.05, 0) is 11.4 Å². The molecule has 0 saturated heterocycles. The second kappa shape index (κ2) is 4.07. The molecule has 0 aliphatic heterocycles. The molecule has 0 aromatic carbocycles. The molecule has 0 unspecified atom stereocenters. The molecule has 3 heteroatoms. The van der Waals surface area contributed by atoms with Crippen LogP contribution in [0.25, 0.3) is 0 Å². The predicted octanol–water partition coefficient (Wildman–Crippen LogP) is 2.01. The minimum absolute atomic E-state index is 0.0682. The molecule has 1 aromatic rings. The molecule has 12 heavy (non-hydrogen) atoms. The fourth-order valence-corrected chi connectivity index (χ4v) is 1.36. The van der Waals surface area contributed by atoms with Crippen molar-refractivity contribution < 1.29 is 4.79 Å². The van der Waals surface area contributed by atoms with E-state index < -0.39 is 0 Å². The lowest BCUT2D eigenvalue weighted by Gasteiger charge is -2.01. The van der Waals surface area contributed by atoms with Crippen molar-refractivity contribution in [3.63, 3.8) is 0 Å². The summed E-state index contributed by atoms with van der Waals surface area (Å²) in [6, 6.07) is 3.70. The Balaban J connectivity index is 2.62. The maximum Gasteiger partial charge on any atom is 0.197 e. The molecule has 0 amide bonds. The topological polar surface area (TPSA) is 20.3 Å². The number of thiophene rings is 1. The third-order valence-electron chi connectivity index (χ3n) is 1.29. The number of ketones is 1. The SMILES string of the molecule is CN(C)C=CC(=O)c1cccs1. The summed E-state index contributed by atoms with van der Waals surface area (Å²) in [5.41, 5.74) is 0. The monoisotopic (exact) mass is 181 g/mol. The van der Waals surface area contributed by atoms with Crippen LogP contribution in [0.3, 0.4) is 0 Å². The van der Waals surface area contributed by atoms with E-state index in [0.29, 0.717) is 0 Å². The number of carbonyl (C=O) groups is 1. The fraction of sp³-hybridized carbons (Fsp3) is 0.222. The highest BCUT2D eigenvalue weighted by Gasteiger charge is 2.00. The standard InChI is InChI=1S/C9H11NOS/c1-10(2)6-5-8(11)9-4-3-7-12-9/h3-7H,1-2H3. The molecule has 0 aliphatic carbocycles. The summed E-state index contributed by atoms with van der Waals surface area (Å²) in [7, 11) is 3.77. The quantitative estimate of drug-likeness (QED) is 0.525. The van der Waals surface area contributed by atoms with E-state index in [-0.39, 0.29) is 5.78 Å². The average molecular weight is 181 g/mol. The van der Waals surface area contributed by atoms with Crippen LogP contribution in [0.5, 0.6) is 0 Å². The molecule has 0 atom stereocenters. The number of rotatable bonds is 3. The number of carbonyl (C=O) groups excluding carboxylic acids is 1. The highest BCUT2D eigenvalue weighted by molar-refractivity contribution is 7.12. The van der Waals surface area contributed by atoms with Gasteiger partial charge in [-0.2, -0.15) is 0 Å². The van der Waals surface area contributed by atoms with Crippen molar-refractivity contribution in [1.82, 2.24) is 4.90 Å². The van der Waals surface area contributed by atoms with Gasteiger partial charge in [-0.3, -0.25) is 4.79 Å². The van der Waals surface area contributed by atoms with Crippen molar-refractivity contribution in [2.45, 2.75) is 0 Å². The predicted molar refractivity (Wildman–Crippen MR) is 51.5 cm³/mol. The van der Waals surface area contributed by atoms with E-state index >= 15 is 0 Å². The Morgan fingerprint density at radius 1 is 1.58 bits per heavy atom. The van der Waals surface area contributed by atoms with E-state index in [0.717, 1.165) is 4.88 Å². The van der Waals surface area contributed by atoms with Gasteiger partial charge in [0.15, 0.2) is 5.78 Å². The zero-order valence-electron chi connectivity index (χ0n) is 7.15. The maximum absolute atomic E-state index is 11.3. The first-order chi connectivity index (χ1) is 5.70. The molecule has 0 N–H and O–H groups in total. The van der Waals surface area contributed by atoms with E-state index in [1.807, 2.05) is 36.5 Å². The molecule has 64 valence electrons. The smallest absolute Gasteiger partial charge is 0.197 e. The molecule has 0 saturated carbocycles. The molecule has 0 radical (unpaired) electrons. The second-order valence-corrected chi connectivity index (χ2v) is 3.57. The van der Waals surface area contributed by atoms with E-state index in [4.69, 9.17) is 0 Å². The molecular weight excluding hydrogens is 170 g/mol. The summed E-state index contributed by atoms with van der Waals surface area (Å²) in [5.74, 6) is 0.0682. The third kappa shape index (κ3) is 2.51. The Bertz CT molecular complexity index is 275. The van der Waals surface area contributed by atoms with Crippen molar-refractivity contribution in [3.8, 4) is 0 Å². The Hall–Kier alpha value is -1.09. The van der Waals surface area contributed by atoms with Gasteiger partial charge in [0.05, 0.1) is 4.88 Å². The fourth-order valence-electron chi connectivity index (χ4n) is 0.718. The van der Waals surface area contributed by atoms with E-state index in [2.05, 4.69) is 0 Å². The van der Waals surface area contributed by atoms with Crippen molar-refractivity contribution in [3.05, 3.63) is 34.7 Å². The van der Waals surface area contributed by atoms with Gasteiger partial charge < -0.3 is 4.90 Å². The normalized spacial score (nSPS) is 10.5. The average Bonchev–Trinajstić information content (AvgIpc) is 2.51. The van der Waals surface area contributed by atoms with Crippen LogP contribution >= 0.6 is 11.3 Å². The number of hydrogen-bond donors (Lipinski definition) is 0. The van der Waals surface area contributed by atoms with Gasteiger partial charge in [0, 0.05) is 26.4 Å². The van der Waals surface area contributed by atoms with Gasteiger partial charge >= 0.3 is 0 Å². The molecule has 0 aliphatic rings. The van der Waals surface area contributed by atoms with E-state index in [1.165, 1.54) is 11.3 Å². The first kappa shape index (κ1) is 9.00. The lowest BCUT2D eigenvalue weighted by Crippen LogP contribution is -2.02. The Morgan fingerprint density at radius 2 is 2.33 bits per heavy atom. The van der Waals surface area contributed by atoms with Crippen LogP contribution < -0.4 is 0 Å². The summed E-state index contributed by atoms with van der Waals surface area (Å²) >= 11 is 1.46. The maximum atomic E-state index is 11.3. The van der Waals surface area contributed by atoms with Crippen LogP contribution in [0, 0.1) is 0 Å². The molecule has 0 fully saturated rings. The van der Waals surface area contributed by atoms with Crippen LogP contribution in [-0.4, -0.2) is 24.8 Å². The van der Waals surface area contributed by atoms with Crippen LogP contribution in [0.4, 0.5) is 0 Å². The number of allylic oxidation sites excluding steroid dienone is 1. The molecule has 0 spiro atoms. The van der Waals surface area contributed by atoms with Gasteiger partial charge in [-0.25, -0.2) is 0 Å². The Kier molecular flexibility index (Phi) is 3.05. The zero-order valence-corrected chi connectivity index (χ0v) is 7.97. The van der Waals surface area contributed by atoms with E-state index in [1.54, 1.807) is 12.3 Å². The minimum Gasteiger partial charge on any atom is -0.383 e. The highest BCUT2D eigenvalue weighted by atomic mass is 32.1. The van der Waals surface area contributed by atoms with Gasteiger partial charge in [0.1, 0.15) is 0 Å². The molecule has 0 bridgehead atoms. The Morgan fingerprint density at radius 3 is 2.83 bits per heavy atom. The summed E-state index contributed by atoms with van der Waals surface area (Å²) in [4.78, 5) is 13.9.